The van der Waals surface area contributed by atoms with Gasteiger partial charge in [-0.25, -0.2) is 0 Å². The molecule has 0 aliphatic heterocycles. The number of ether oxygens (including phenoxy) is 1. The summed E-state index contributed by atoms with van der Waals surface area (Å²) in [4.78, 5) is 14.7. The van der Waals surface area contributed by atoms with Gasteiger partial charge in [0, 0.05) is 11.9 Å². The minimum Gasteiger partial charge on any atom is -0.496 e. The van der Waals surface area contributed by atoms with Crippen molar-refractivity contribution in [3.8, 4) is 5.75 Å². The molecule has 1 heterocycles. The highest BCUT2D eigenvalue weighted by Gasteiger charge is 2.19. The largest absolute Gasteiger partial charge is 0.496 e. The number of likely N-dealkylation sites (N-methyl/N-ethyl adjacent to an activating group) is 1. The van der Waals surface area contributed by atoms with Crippen LogP contribution in [0, 0.1) is 0 Å². The number of methoxy groups -OCH3 is 1. The van der Waals surface area contributed by atoms with E-state index in [9.17, 15) is 9.90 Å². The molecule has 1 aromatic carbocycles. The molecule has 106 valence electrons. The molecule has 0 saturated carbocycles. The van der Waals surface area contributed by atoms with Crippen molar-refractivity contribution < 1.29 is 14.6 Å². The summed E-state index contributed by atoms with van der Waals surface area (Å²) >= 11 is 1.48. The lowest BCUT2D eigenvalue weighted by molar-refractivity contribution is 0.0682. The lowest BCUT2D eigenvalue weighted by atomic mass is 10.1. The second kappa shape index (κ2) is 6.54. The first-order chi connectivity index (χ1) is 9.63. The maximum atomic E-state index is 12.4. The molecule has 5 heteroatoms. The average molecular weight is 291 g/mol. The summed E-state index contributed by atoms with van der Waals surface area (Å²) < 4.78 is 5.19. The molecule has 1 amide bonds. The third-order valence-corrected chi connectivity index (χ3v) is 3.98. The van der Waals surface area contributed by atoms with E-state index in [1.54, 1.807) is 25.2 Å². The molecule has 20 heavy (non-hydrogen) atoms. The molecule has 0 fully saturated rings. The van der Waals surface area contributed by atoms with Gasteiger partial charge in [-0.15, -0.1) is 11.3 Å². The first-order valence-corrected chi connectivity index (χ1v) is 7.11. The molecule has 0 bridgehead atoms. The molecule has 1 unspecified atom stereocenters. The van der Waals surface area contributed by atoms with Crippen LogP contribution in [-0.4, -0.2) is 36.6 Å². The van der Waals surface area contributed by atoms with Crippen molar-refractivity contribution >= 4 is 17.2 Å². The topological polar surface area (TPSA) is 49.8 Å². The van der Waals surface area contributed by atoms with E-state index in [0.29, 0.717) is 11.3 Å². The van der Waals surface area contributed by atoms with Gasteiger partial charge in [-0.05, 0) is 23.6 Å². The quantitative estimate of drug-likeness (QED) is 0.921. The van der Waals surface area contributed by atoms with Crippen molar-refractivity contribution in [2.45, 2.75) is 6.10 Å². The van der Waals surface area contributed by atoms with Crippen LogP contribution in [0.15, 0.2) is 41.8 Å². The van der Waals surface area contributed by atoms with Crippen LogP contribution in [-0.2, 0) is 0 Å². The van der Waals surface area contributed by atoms with Crippen LogP contribution in [0.4, 0.5) is 0 Å². The van der Waals surface area contributed by atoms with Crippen molar-refractivity contribution in [1.82, 2.24) is 4.90 Å². The summed E-state index contributed by atoms with van der Waals surface area (Å²) in [7, 11) is 3.21. The van der Waals surface area contributed by atoms with Gasteiger partial charge in [0.2, 0.25) is 0 Å². The summed E-state index contributed by atoms with van der Waals surface area (Å²) in [6, 6.07) is 10.8. The molecule has 1 N–H and O–H groups in total. The fourth-order valence-corrected chi connectivity index (χ4v) is 2.64. The first-order valence-electron chi connectivity index (χ1n) is 6.23. The monoisotopic (exact) mass is 291 g/mol. The zero-order chi connectivity index (χ0) is 14.5. The number of carbonyl (C=O) groups is 1. The molecule has 0 saturated heterocycles. The van der Waals surface area contributed by atoms with Gasteiger partial charge < -0.3 is 14.7 Å². The summed E-state index contributed by atoms with van der Waals surface area (Å²) in [5, 5.41) is 12.0. The van der Waals surface area contributed by atoms with E-state index < -0.39 is 6.10 Å². The molecule has 0 spiro atoms. The Bertz CT molecular complexity index is 568. The highest BCUT2D eigenvalue weighted by atomic mass is 32.1. The summed E-state index contributed by atoms with van der Waals surface area (Å²) in [6.45, 7) is 0.247. The Morgan fingerprint density at radius 3 is 2.75 bits per heavy atom. The first kappa shape index (κ1) is 14.6. The lowest BCUT2D eigenvalue weighted by Crippen LogP contribution is -2.31. The van der Waals surface area contributed by atoms with Crippen LogP contribution in [0.5, 0.6) is 5.75 Å². The van der Waals surface area contributed by atoms with E-state index in [2.05, 4.69) is 0 Å². The standard InChI is InChI=1S/C15H17NO3S/c1-16(10-12(17)14-8-5-9-20-14)15(18)11-6-3-4-7-13(11)19-2/h3-9,12,17H,10H2,1-2H3. The molecular formula is C15H17NO3S. The maximum Gasteiger partial charge on any atom is 0.257 e. The second-order valence-corrected chi connectivity index (χ2v) is 5.40. The van der Waals surface area contributed by atoms with Crippen molar-refractivity contribution in [2.75, 3.05) is 20.7 Å². The van der Waals surface area contributed by atoms with Crippen molar-refractivity contribution in [3.63, 3.8) is 0 Å². The number of thiophene rings is 1. The summed E-state index contributed by atoms with van der Waals surface area (Å²) in [5.74, 6) is 0.369. The van der Waals surface area contributed by atoms with E-state index in [0.717, 1.165) is 4.88 Å². The normalized spacial score (nSPS) is 11.9. The van der Waals surface area contributed by atoms with Gasteiger partial charge in [0.1, 0.15) is 11.9 Å². The number of amides is 1. The van der Waals surface area contributed by atoms with Gasteiger partial charge in [0.15, 0.2) is 0 Å². The Kier molecular flexibility index (Phi) is 4.76. The maximum absolute atomic E-state index is 12.4. The van der Waals surface area contributed by atoms with Crippen LogP contribution < -0.4 is 4.74 Å². The highest BCUT2D eigenvalue weighted by Crippen LogP contribution is 2.22. The van der Waals surface area contributed by atoms with E-state index >= 15 is 0 Å². The molecule has 1 aromatic heterocycles. The van der Waals surface area contributed by atoms with E-state index in [-0.39, 0.29) is 12.5 Å². The smallest absolute Gasteiger partial charge is 0.257 e. The lowest BCUT2D eigenvalue weighted by Gasteiger charge is -2.21. The van der Waals surface area contributed by atoms with Gasteiger partial charge >= 0.3 is 0 Å². The predicted octanol–water partition coefficient (Wildman–Crippen LogP) is 2.56. The number of carbonyl (C=O) groups excluding carboxylic acids is 1. The third kappa shape index (κ3) is 3.18. The van der Waals surface area contributed by atoms with Crippen molar-refractivity contribution in [1.29, 1.82) is 0 Å². The molecule has 1 atom stereocenters. The predicted molar refractivity (Wildman–Crippen MR) is 79.2 cm³/mol. The molecular weight excluding hydrogens is 274 g/mol. The Labute approximate surface area is 122 Å². The molecule has 0 aliphatic carbocycles. The number of rotatable bonds is 5. The van der Waals surface area contributed by atoms with Crippen LogP contribution >= 0.6 is 11.3 Å². The van der Waals surface area contributed by atoms with Crippen LogP contribution in [0.3, 0.4) is 0 Å². The SMILES string of the molecule is COc1ccccc1C(=O)N(C)CC(O)c1cccs1. The molecule has 2 rings (SSSR count). The molecule has 0 aliphatic rings. The summed E-state index contributed by atoms with van der Waals surface area (Å²) in [5.41, 5.74) is 0.496. The zero-order valence-electron chi connectivity index (χ0n) is 11.4. The minimum atomic E-state index is -0.668. The minimum absolute atomic E-state index is 0.168. The van der Waals surface area contributed by atoms with Crippen LogP contribution in [0.25, 0.3) is 0 Å². The van der Waals surface area contributed by atoms with Gasteiger partial charge in [-0.1, -0.05) is 18.2 Å². The van der Waals surface area contributed by atoms with Gasteiger partial charge in [0.25, 0.3) is 5.91 Å². The van der Waals surface area contributed by atoms with Crippen LogP contribution in [0.1, 0.15) is 21.3 Å². The van der Waals surface area contributed by atoms with Crippen molar-refractivity contribution in [3.05, 3.63) is 52.2 Å². The van der Waals surface area contributed by atoms with Gasteiger partial charge in [-0.3, -0.25) is 4.79 Å². The molecule has 2 aromatic rings. The van der Waals surface area contributed by atoms with E-state index in [4.69, 9.17) is 4.74 Å². The number of benzene rings is 1. The fourth-order valence-electron chi connectivity index (χ4n) is 1.94. The van der Waals surface area contributed by atoms with E-state index in [1.807, 2.05) is 23.6 Å². The molecule has 0 radical (unpaired) electrons. The van der Waals surface area contributed by atoms with Crippen LogP contribution in [0.2, 0.25) is 0 Å². The Hall–Kier alpha value is -1.85. The Morgan fingerprint density at radius 2 is 2.10 bits per heavy atom. The van der Waals surface area contributed by atoms with E-state index in [1.165, 1.54) is 23.3 Å². The fraction of sp³-hybridized carbons (Fsp3) is 0.267. The number of para-hydroxylation sites is 1. The number of aliphatic hydroxyl groups is 1. The molecule has 4 nitrogen and oxygen atoms in total. The number of aliphatic hydroxyl groups excluding tert-OH is 1. The Balaban J connectivity index is 2.09. The number of nitrogens with zero attached hydrogens (tertiary/aromatic N) is 1. The Morgan fingerprint density at radius 1 is 1.35 bits per heavy atom. The van der Waals surface area contributed by atoms with Gasteiger partial charge in [0.05, 0.1) is 19.2 Å². The number of hydrogen-bond acceptors (Lipinski definition) is 4. The zero-order valence-corrected chi connectivity index (χ0v) is 12.3. The third-order valence-electron chi connectivity index (χ3n) is 3.00. The highest BCUT2D eigenvalue weighted by molar-refractivity contribution is 7.10. The second-order valence-electron chi connectivity index (χ2n) is 4.42. The number of hydrogen-bond donors (Lipinski definition) is 1. The van der Waals surface area contributed by atoms with Crippen molar-refractivity contribution in [2.24, 2.45) is 0 Å². The average Bonchev–Trinajstić information content (AvgIpc) is 3.00. The summed E-state index contributed by atoms with van der Waals surface area (Å²) in [6.07, 6.45) is -0.668. The van der Waals surface area contributed by atoms with Gasteiger partial charge in [-0.2, -0.15) is 0 Å².